The van der Waals surface area contributed by atoms with Crippen LogP contribution in [0.15, 0.2) is 0 Å². The van der Waals surface area contributed by atoms with Crippen molar-refractivity contribution in [1.29, 1.82) is 0 Å². The van der Waals surface area contributed by atoms with E-state index in [9.17, 15) is 13.2 Å². The Morgan fingerprint density at radius 3 is 1.86 bits per heavy atom. The number of carboxylic acids is 1. The maximum atomic E-state index is 12.5. The summed E-state index contributed by atoms with van der Waals surface area (Å²) < 4.78 is 29.7. The summed E-state index contributed by atoms with van der Waals surface area (Å²) in [4.78, 5) is 17.6. The van der Waals surface area contributed by atoms with Gasteiger partial charge in [-0.3, -0.25) is 0 Å². The summed E-state index contributed by atoms with van der Waals surface area (Å²) in [5.74, 6) is -0.963. The molecule has 2 N–H and O–H groups in total. The van der Waals surface area contributed by atoms with Crippen molar-refractivity contribution in [3.05, 3.63) is 0 Å². The minimum atomic E-state index is -3.64. The van der Waals surface area contributed by atoms with Gasteiger partial charge in [-0.15, -0.1) is 0 Å². The number of carboxylic acid groups (broad SMARTS) is 1. The fourth-order valence-electron chi connectivity index (χ4n) is 3.14. The number of nitrogens with zero attached hydrogens (tertiary/aromatic N) is 1. The predicted octanol–water partition coefficient (Wildman–Crippen LogP) is 0.567. The van der Waals surface area contributed by atoms with E-state index in [4.69, 9.17) is 5.11 Å². The third-order valence-corrected chi connectivity index (χ3v) is 9.96. The summed E-state index contributed by atoms with van der Waals surface area (Å²) >= 11 is -2.01. The van der Waals surface area contributed by atoms with Crippen molar-refractivity contribution >= 4 is 16.2 Å². The topological polar surface area (TPSA) is 86.7 Å². The zero-order chi connectivity index (χ0) is 21.6. The molecule has 0 aromatic carbocycles. The van der Waals surface area contributed by atoms with Gasteiger partial charge in [0.2, 0.25) is 0 Å². The molecule has 0 bridgehead atoms. The molecule has 0 unspecified atom stereocenters. The summed E-state index contributed by atoms with van der Waals surface area (Å²) in [6, 6.07) is -0.519. The molecule has 0 saturated heterocycles. The number of rotatable bonds is 18. The van der Waals surface area contributed by atoms with Gasteiger partial charge >= 0.3 is 146 Å². The van der Waals surface area contributed by atoms with Gasteiger partial charge in [0.05, 0.1) is 0 Å². The van der Waals surface area contributed by atoms with Gasteiger partial charge in [0.15, 0.2) is 0 Å². The Hall–Kier alpha value is 0.0700. The Labute approximate surface area is 177 Å². The number of hydrogen-bond donors (Lipinski definition) is 2. The van der Waals surface area contributed by atoms with Gasteiger partial charge in [0.1, 0.15) is 0 Å². The first-order valence-electron chi connectivity index (χ1n) is 10.5. The van der Waals surface area contributed by atoms with Crippen LogP contribution in [0.4, 0.5) is 0 Å². The standard InChI is InChI=1S/C20H44IN2O4S/c1-6-7-8-9-10-11-12-13-14-15-16-23(5)28(26,27)22-19(17-20(24)25)18-21(2,3)4/h19,22H,6-18H2,1-5H3,(H,24,25)/q-1/t19-/m1/s1. The second kappa shape index (κ2) is 15.0. The zero-order valence-corrected chi connectivity index (χ0v) is 21.6. The second-order valence-corrected chi connectivity index (χ2v) is 22.3. The molecular formula is C20H44IN2O4S-. The van der Waals surface area contributed by atoms with Crippen LogP contribution in [-0.2, 0) is 15.0 Å². The van der Waals surface area contributed by atoms with E-state index in [2.05, 4.69) is 26.4 Å². The molecule has 28 heavy (non-hydrogen) atoms. The molecule has 0 spiro atoms. The van der Waals surface area contributed by atoms with Gasteiger partial charge < -0.3 is 0 Å². The van der Waals surface area contributed by atoms with Gasteiger partial charge in [-0.1, -0.05) is 32.6 Å². The summed E-state index contributed by atoms with van der Waals surface area (Å²) in [5.41, 5.74) is 0. The summed E-state index contributed by atoms with van der Waals surface area (Å²) in [5, 5.41) is 9.09. The van der Waals surface area contributed by atoms with E-state index in [1.807, 2.05) is 0 Å². The number of hydrogen-bond acceptors (Lipinski definition) is 3. The van der Waals surface area contributed by atoms with Crippen LogP contribution in [0, 0.1) is 0 Å². The van der Waals surface area contributed by atoms with Crippen molar-refractivity contribution in [2.45, 2.75) is 83.6 Å². The Morgan fingerprint density at radius 2 is 1.43 bits per heavy atom. The van der Waals surface area contributed by atoms with Crippen LogP contribution in [0.25, 0.3) is 0 Å². The number of halogens is 1. The van der Waals surface area contributed by atoms with Gasteiger partial charge in [-0.25, -0.2) is 0 Å². The molecule has 0 fully saturated rings. The van der Waals surface area contributed by atoms with Crippen molar-refractivity contribution in [2.24, 2.45) is 0 Å². The molecule has 6 nitrogen and oxygen atoms in total. The third kappa shape index (κ3) is 15.9. The van der Waals surface area contributed by atoms with Crippen LogP contribution in [-0.4, -0.2) is 62.7 Å². The van der Waals surface area contributed by atoms with Crippen LogP contribution in [0.1, 0.15) is 77.6 Å². The Bertz CT molecular complexity index is 521. The molecule has 0 aliphatic carbocycles. The number of alkyl halides is 4. The number of nitrogens with one attached hydrogen (secondary N) is 1. The molecule has 0 heterocycles. The van der Waals surface area contributed by atoms with Crippen molar-refractivity contribution in [2.75, 3.05) is 32.8 Å². The van der Waals surface area contributed by atoms with E-state index < -0.39 is 40.7 Å². The van der Waals surface area contributed by atoms with E-state index in [0.29, 0.717) is 11.0 Å². The fourth-order valence-corrected chi connectivity index (χ4v) is 8.30. The van der Waals surface area contributed by atoms with E-state index in [1.165, 1.54) is 49.3 Å². The van der Waals surface area contributed by atoms with Gasteiger partial charge in [0.25, 0.3) is 0 Å². The normalized spacial score (nSPS) is 14.4. The molecule has 1 atom stereocenters. The number of aliphatic carboxylic acids is 1. The van der Waals surface area contributed by atoms with Crippen LogP contribution >= 0.6 is 0 Å². The molecule has 0 aliphatic rings. The average molecular weight is 536 g/mol. The molecule has 0 radical (unpaired) electrons. The third-order valence-electron chi connectivity index (χ3n) is 4.62. The summed E-state index contributed by atoms with van der Waals surface area (Å²) in [7, 11) is -2.06. The molecular weight excluding hydrogens is 491 g/mol. The van der Waals surface area contributed by atoms with Crippen molar-refractivity contribution in [1.82, 2.24) is 9.03 Å². The molecule has 0 rings (SSSR count). The van der Waals surface area contributed by atoms with E-state index in [0.717, 1.165) is 19.3 Å². The van der Waals surface area contributed by atoms with Crippen molar-refractivity contribution in [3.8, 4) is 0 Å². The van der Waals surface area contributed by atoms with E-state index in [-0.39, 0.29) is 6.42 Å². The van der Waals surface area contributed by atoms with E-state index >= 15 is 0 Å². The van der Waals surface area contributed by atoms with Gasteiger partial charge in [-0.05, 0) is 0 Å². The fraction of sp³-hybridized carbons (Fsp3) is 0.950. The maximum absolute atomic E-state index is 12.5. The predicted molar refractivity (Wildman–Crippen MR) is 115 cm³/mol. The first kappa shape index (κ1) is 28.1. The van der Waals surface area contributed by atoms with Crippen LogP contribution < -0.4 is 23.2 Å². The first-order chi connectivity index (χ1) is 13.0. The number of carbonyl (C=O) groups is 1. The van der Waals surface area contributed by atoms with Gasteiger partial charge in [0, 0.05) is 0 Å². The Kier molecular flexibility index (Phi) is 15.0. The SMILES string of the molecule is CCCCCCCCCCCCN(C)S(=O)(=O)N[C@H](CC(=O)O)C[I-](C)(C)C. The average Bonchev–Trinajstić information content (AvgIpc) is 2.53. The van der Waals surface area contributed by atoms with Gasteiger partial charge in [-0.2, -0.15) is 0 Å². The van der Waals surface area contributed by atoms with Crippen LogP contribution in [0.2, 0.25) is 0 Å². The quantitative estimate of drug-likeness (QED) is 0.153. The zero-order valence-electron chi connectivity index (χ0n) is 18.7. The first-order valence-corrected chi connectivity index (χ1v) is 19.9. The Morgan fingerprint density at radius 1 is 0.964 bits per heavy atom. The molecule has 0 saturated carbocycles. The molecule has 0 amide bonds. The molecule has 0 aliphatic heterocycles. The number of unbranched alkanes of at least 4 members (excludes halogenated alkanes) is 9. The molecule has 172 valence electrons. The molecule has 0 aromatic heterocycles. The minimum absolute atomic E-state index is 0.161. The molecule has 0 aromatic rings. The summed E-state index contributed by atoms with van der Waals surface area (Å²) in [6.07, 6.45) is 11.9. The Balaban J connectivity index is 4.18. The van der Waals surface area contributed by atoms with Crippen LogP contribution in [0.5, 0.6) is 0 Å². The monoisotopic (exact) mass is 535 g/mol. The second-order valence-electron chi connectivity index (χ2n) is 8.51. The van der Waals surface area contributed by atoms with Crippen molar-refractivity contribution < 1.29 is 36.8 Å². The van der Waals surface area contributed by atoms with Crippen molar-refractivity contribution in [3.63, 3.8) is 0 Å². The molecule has 8 heteroatoms. The van der Waals surface area contributed by atoms with Crippen LogP contribution in [0.3, 0.4) is 0 Å². The summed E-state index contributed by atoms with van der Waals surface area (Å²) in [6.45, 7) is 2.70. The van der Waals surface area contributed by atoms with E-state index in [1.54, 1.807) is 7.05 Å².